The highest BCUT2D eigenvalue weighted by atomic mass is 16.2. The molecule has 3 nitrogen and oxygen atoms in total. The van der Waals surface area contributed by atoms with Crippen molar-refractivity contribution < 1.29 is 4.79 Å². The van der Waals surface area contributed by atoms with Crippen LogP contribution >= 0.6 is 0 Å². The van der Waals surface area contributed by atoms with E-state index in [1.807, 2.05) is 11.1 Å². The quantitative estimate of drug-likeness (QED) is 0.758. The van der Waals surface area contributed by atoms with E-state index < -0.39 is 0 Å². The Kier molecular flexibility index (Phi) is 4.67. The molecular formula is C15H26N2O. The second-order valence-electron chi connectivity index (χ2n) is 6.16. The minimum atomic E-state index is 0.0893. The molecule has 2 atom stereocenters. The van der Waals surface area contributed by atoms with Crippen LogP contribution in [0.5, 0.6) is 0 Å². The third kappa shape index (κ3) is 3.76. The fraction of sp³-hybridized carbons (Fsp3) is 0.800. The van der Waals surface area contributed by atoms with Gasteiger partial charge in [-0.25, -0.2) is 4.79 Å². The van der Waals surface area contributed by atoms with Crippen LogP contribution in [0.2, 0.25) is 0 Å². The molecule has 102 valence electrons. The van der Waals surface area contributed by atoms with Gasteiger partial charge in [0.1, 0.15) is 0 Å². The van der Waals surface area contributed by atoms with Crippen LogP contribution in [0.3, 0.4) is 0 Å². The minimum Gasteiger partial charge on any atom is -0.324 e. The largest absolute Gasteiger partial charge is 0.324 e. The van der Waals surface area contributed by atoms with Crippen LogP contribution in [0.1, 0.15) is 52.4 Å². The van der Waals surface area contributed by atoms with Crippen molar-refractivity contribution in [2.75, 3.05) is 13.1 Å². The molecule has 0 bridgehead atoms. The Morgan fingerprint density at radius 2 is 1.78 bits per heavy atom. The number of amides is 2. The summed E-state index contributed by atoms with van der Waals surface area (Å²) in [4.78, 5) is 14.1. The molecule has 0 radical (unpaired) electrons. The molecule has 18 heavy (non-hydrogen) atoms. The molecule has 1 saturated heterocycles. The minimum absolute atomic E-state index is 0.0893. The predicted octanol–water partition coefficient (Wildman–Crippen LogP) is 3.52. The zero-order valence-corrected chi connectivity index (χ0v) is 11.7. The average molecular weight is 250 g/mol. The normalized spacial score (nSPS) is 29.0. The molecule has 0 spiro atoms. The van der Waals surface area contributed by atoms with Crippen molar-refractivity contribution in [1.29, 1.82) is 0 Å². The maximum Gasteiger partial charge on any atom is 0.321 e. The molecular weight excluding hydrogens is 224 g/mol. The summed E-state index contributed by atoms with van der Waals surface area (Å²) in [6, 6.07) is 0.0893. The second kappa shape index (κ2) is 6.26. The number of allylic oxidation sites excluding steroid dienone is 1. The summed E-state index contributed by atoms with van der Waals surface area (Å²) in [5.74, 6) is 1.25. The molecule has 1 heterocycles. The lowest BCUT2D eigenvalue weighted by Gasteiger charge is -2.34. The fourth-order valence-electron chi connectivity index (χ4n) is 3.23. The topological polar surface area (TPSA) is 32.3 Å². The van der Waals surface area contributed by atoms with Gasteiger partial charge in [0.15, 0.2) is 0 Å². The first-order valence-electron chi connectivity index (χ1n) is 7.38. The van der Waals surface area contributed by atoms with Gasteiger partial charge in [-0.3, -0.25) is 0 Å². The Morgan fingerprint density at radius 3 is 2.39 bits per heavy atom. The van der Waals surface area contributed by atoms with Gasteiger partial charge in [0.05, 0.1) is 0 Å². The van der Waals surface area contributed by atoms with Crippen LogP contribution in [0.15, 0.2) is 11.8 Å². The lowest BCUT2D eigenvalue weighted by Crippen LogP contribution is -2.46. The number of carbonyl (C=O) groups is 1. The lowest BCUT2D eigenvalue weighted by molar-refractivity contribution is 0.149. The lowest BCUT2D eigenvalue weighted by atomic mass is 9.92. The summed E-state index contributed by atoms with van der Waals surface area (Å²) in [6.07, 6.45) is 9.42. The standard InChI is InChI=1S/C15H26N2O/c1-12-8-13(2)11-17(10-12)15(18)16-9-14-6-4-3-5-7-14/h9,12-13H,3-8,10-11H2,1-2H3,(H,16,18). The van der Waals surface area contributed by atoms with Crippen LogP contribution < -0.4 is 5.32 Å². The molecule has 2 aliphatic rings. The average Bonchev–Trinajstić information content (AvgIpc) is 2.36. The zero-order valence-electron chi connectivity index (χ0n) is 11.7. The van der Waals surface area contributed by atoms with Gasteiger partial charge in [-0.2, -0.15) is 0 Å². The fourth-order valence-corrected chi connectivity index (χ4v) is 3.23. The van der Waals surface area contributed by atoms with Crippen molar-refractivity contribution in [3.63, 3.8) is 0 Å². The summed E-state index contributed by atoms with van der Waals surface area (Å²) in [6.45, 7) is 6.27. The van der Waals surface area contributed by atoms with Crippen molar-refractivity contribution in [1.82, 2.24) is 10.2 Å². The van der Waals surface area contributed by atoms with Gasteiger partial charge in [-0.1, -0.05) is 25.8 Å². The summed E-state index contributed by atoms with van der Waals surface area (Å²) >= 11 is 0. The van der Waals surface area contributed by atoms with Crippen LogP contribution in [-0.4, -0.2) is 24.0 Å². The first kappa shape index (κ1) is 13.4. The van der Waals surface area contributed by atoms with E-state index in [0.29, 0.717) is 11.8 Å². The maximum atomic E-state index is 12.1. The third-order valence-electron chi connectivity index (χ3n) is 4.05. The highest BCUT2D eigenvalue weighted by Crippen LogP contribution is 2.23. The van der Waals surface area contributed by atoms with Gasteiger partial charge in [0.2, 0.25) is 0 Å². The maximum absolute atomic E-state index is 12.1. The zero-order chi connectivity index (χ0) is 13.0. The third-order valence-corrected chi connectivity index (χ3v) is 4.05. The number of hydrogen-bond donors (Lipinski definition) is 1. The summed E-state index contributed by atoms with van der Waals surface area (Å²) in [5.41, 5.74) is 1.41. The Balaban J connectivity index is 1.83. The van der Waals surface area contributed by atoms with Crippen molar-refractivity contribution >= 4 is 6.03 Å². The molecule has 2 amide bonds. The summed E-state index contributed by atoms with van der Waals surface area (Å²) in [7, 11) is 0. The number of hydrogen-bond acceptors (Lipinski definition) is 1. The Morgan fingerprint density at radius 1 is 1.17 bits per heavy atom. The van der Waals surface area contributed by atoms with Crippen LogP contribution in [-0.2, 0) is 0 Å². The molecule has 2 unspecified atom stereocenters. The first-order valence-corrected chi connectivity index (χ1v) is 7.38. The van der Waals surface area contributed by atoms with E-state index in [1.165, 1.54) is 31.3 Å². The van der Waals surface area contributed by atoms with Crippen molar-refractivity contribution in [3.05, 3.63) is 11.8 Å². The highest BCUT2D eigenvalue weighted by molar-refractivity contribution is 5.75. The number of nitrogens with one attached hydrogen (secondary N) is 1. The van der Waals surface area contributed by atoms with Gasteiger partial charge in [-0.05, 0) is 43.9 Å². The molecule has 2 fully saturated rings. The first-order chi connectivity index (χ1) is 8.65. The highest BCUT2D eigenvalue weighted by Gasteiger charge is 2.24. The number of piperidine rings is 1. The van der Waals surface area contributed by atoms with Crippen molar-refractivity contribution in [3.8, 4) is 0 Å². The SMILES string of the molecule is CC1CC(C)CN(C(=O)NC=C2CCCCC2)C1. The number of likely N-dealkylation sites (tertiary alicyclic amines) is 1. The van der Waals surface area contributed by atoms with E-state index in [2.05, 4.69) is 19.2 Å². The van der Waals surface area contributed by atoms with E-state index in [-0.39, 0.29) is 6.03 Å². The van der Waals surface area contributed by atoms with Gasteiger partial charge in [0.25, 0.3) is 0 Å². The number of rotatable bonds is 1. The number of nitrogens with zero attached hydrogens (tertiary/aromatic N) is 1. The Labute approximate surface area is 111 Å². The molecule has 1 saturated carbocycles. The predicted molar refractivity (Wildman–Crippen MR) is 74.2 cm³/mol. The molecule has 1 aliphatic heterocycles. The van der Waals surface area contributed by atoms with Crippen LogP contribution in [0, 0.1) is 11.8 Å². The second-order valence-corrected chi connectivity index (χ2v) is 6.16. The number of urea groups is 1. The van der Waals surface area contributed by atoms with E-state index in [9.17, 15) is 4.79 Å². The molecule has 0 aromatic heterocycles. The van der Waals surface area contributed by atoms with E-state index in [4.69, 9.17) is 0 Å². The summed E-state index contributed by atoms with van der Waals surface area (Å²) < 4.78 is 0. The Bertz CT molecular complexity index is 306. The summed E-state index contributed by atoms with van der Waals surface area (Å²) in [5, 5.41) is 2.99. The molecule has 1 aliphatic carbocycles. The monoisotopic (exact) mass is 250 g/mol. The van der Waals surface area contributed by atoms with Gasteiger partial charge in [0, 0.05) is 19.3 Å². The molecule has 0 aromatic rings. The Hall–Kier alpha value is -0.990. The molecule has 3 heteroatoms. The molecule has 1 N–H and O–H groups in total. The van der Waals surface area contributed by atoms with E-state index in [1.54, 1.807) is 0 Å². The van der Waals surface area contributed by atoms with Crippen molar-refractivity contribution in [2.45, 2.75) is 52.4 Å². The van der Waals surface area contributed by atoms with Gasteiger partial charge < -0.3 is 10.2 Å². The van der Waals surface area contributed by atoms with Crippen molar-refractivity contribution in [2.24, 2.45) is 11.8 Å². The molecule has 0 aromatic carbocycles. The molecule has 2 rings (SSSR count). The van der Waals surface area contributed by atoms with E-state index >= 15 is 0 Å². The van der Waals surface area contributed by atoms with E-state index in [0.717, 1.165) is 25.9 Å². The van der Waals surface area contributed by atoms with Crippen LogP contribution in [0.25, 0.3) is 0 Å². The van der Waals surface area contributed by atoms with Crippen LogP contribution in [0.4, 0.5) is 4.79 Å². The smallest absolute Gasteiger partial charge is 0.321 e. The van der Waals surface area contributed by atoms with Gasteiger partial charge >= 0.3 is 6.03 Å². The van der Waals surface area contributed by atoms with Gasteiger partial charge in [-0.15, -0.1) is 0 Å². The number of carbonyl (C=O) groups excluding carboxylic acids is 1.